The third-order valence-electron chi connectivity index (χ3n) is 3.98. The summed E-state index contributed by atoms with van der Waals surface area (Å²) in [5, 5.41) is 4.22. The number of alkyl halides is 3. The molecule has 0 spiro atoms. The van der Waals surface area contributed by atoms with Crippen molar-refractivity contribution < 1.29 is 18.0 Å². The van der Waals surface area contributed by atoms with Gasteiger partial charge in [0.2, 0.25) is 5.91 Å². The maximum absolute atomic E-state index is 13.1. The van der Waals surface area contributed by atoms with Crippen molar-refractivity contribution >= 4 is 22.5 Å². The Balaban J connectivity index is 2.17. The van der Waals surface area contributed by atoms with Gasteiger partial charge in [-0.1, -0.05) is 50.2 Å². The van der Waals surface area contributed by atoms with Gasteiger partial charge in [0, 0.05) is 16.9 Å². The largest absolute Gasteiger partial charge is 0.416 e. The highest BCUT2D eigenvalue weighted by Crippen LogP contribution is 2.34. The lowest BCUT2D eigenvalue weighted by molar-refractivity contribution is -0.137. The van der Waals surface area contributed by atoms with Crippen molar-refractivity contribution in [2.45, 2.75) is 20.0 Å². The summed E-state index contributed by atoms with van der Waals surface area (Å²) in [7, 11) is 0. The van der Waals surface area contributed by atoms with Crippen LogP contribution in [-0.2, 0) is 11.0 Å². The number of nitrogens with one attached hydrogen (secondary N) is 1. The van der Waals surface area contributed by atoms with Gasteiger partial charge in [-0.25, -0.2) is 4.98 Å². The lowest BCUT2D eigenvalue weighted by atomic mass is 10.0. The van der Waals surface area contributed by atoms with Gasteiger partial charge in [-0.15, -0.1) is 0 Å². The average Bonchev–Trinajstić information content (AvgIpc) is 2.60. The van der Waals surface area contributed by atoms with E-state index in [2.05, 4.69) is 10.3 Å². The summed E-state index contributed by atoms with van der Waals surface area (Å²) < 4.78 is 39.2. The highest BCUT2D eigenvalue weighted by atomic mass is 19.4. The SMILES string of the molecule is CC(C)C(=O)Nc1cc2ccccc2c(-c2cccc(C(F)(F)F)c2)n1. The monoisotopic (exact) mass is 358 g/mol. The van der Waals surface area contributed by atoms with Crippen molar-refractivity contribution in [3.8, 4) is 11.3 Å². The van der Waals surface area contributed by atoms with Crippen LogP contribution in [0.2, 0.25) is 0 Å². The Bertz CT molecular complexity index is 965. The molecule has 3 nitrogen and oxygen atoms in total. The first-order valence-corrected chi connectivity index (χ1v) is 8.14. The van der Waals surface area contributed by atoms with Crippen LogP contribution < -0.4 is 5.32 Å². The molecule has 6 heteroatoms. The van der Waals surface area contributed by atoms with Crippen LogP contribution in [-0.4, -0.2) is 10.9 Å². The molecule has 1 amide bonds. The molecule has 3 rings (SSSR count). The molecular formula is C20H17F3N2O. The number of fused-ring (bicyclic) bond motifs is 1. The second-order valence-electron chi connectivity index (χ2n) is 6.30. The van der Waals surface area contributed by atoms with Crippen molar-refractivity contribution in [1.29, 1.82) is 0 Å². The summed E-state index contributed by atoms with van der Waals surface area (Å²) >= 11 is 0. The second-order valence-corrected chi connectivity index (χ2v) is 6.30. The van der Waals surface area contributed by atoms with Crippen molar-refractivity contribution in [2.24, 2.45) is 5.92 Å². The molecule has 2 aromatic carbocycles. The van der Waals surface area contributed by atoms with Crippen LogP contribution in [0.3, 0.4) is 0 Å². The van der Waals surface area contributed by atoms with Crippen LogP contribution >= 0.6 is 0 Å². The molecule has 134 valence electrons. The Morgan fingerprint density at radius 1 is 1.04 bits per heavy atom. The summed E-state index contributed by atoms with van der Waals surface area (Å²) in [5.41, 5.74) is 0.00225. The summed E-state index contributed by atoms with van der Waals surface area (Å²) in [6, 6.07) is 14.0. The lowest BCUT2D eigenvalue weighted by Gasteiger charge is -2.13. The smallest absolute Gasteiger partial charge is 0.310 e. The Labute approximate surface area is 148 Å². The van der Waals surface area contributed by atoms with Crippen molar-refractivity contribution in [3.05, 3.63) is 60.2 Å². The number of aromatic nitrogens is 1. The predicted molar refractivity (Wildman–Crippen MR) is 95.6 cm³/mol. The first-order chi connectivity index (χ1) is 12.3. The van der Waals surface area contributed by atoms with Gasteiger partial charge in [0.1, 0.15) is 5.82 Å². The first kappa shape index (κ1) is 17.9. The molecule has 26 heavy (non-hydrogen) atoms. The molecule has 0 atom stereocenters. The number of hydrogen-bond acceptors (Lipinski definition) is 2. The zero-order chi connectivity index (χ0) is 18.9. The molecule has 0 unspecified atom stereocenters. The van der Waals surface area contributed by atoms with E-state index in [-0.39, 0.29) is 11.8 Å². The van der Waals surface area contributed by atoms with Crippen LogP contribution in [0.5, 0.6) is 0 Å². The number of amides is 1. The van der Waals surface area contributed by atoms with Crippen LogP contribution in [0.1, 0.15) is 19.4 Å². The van der Waals surface area contributed by atoms with E-state index in [1.165, 1.54) is 6.07 Å². The fraction of sp³-hybridized carbons (Fsp3) is 0.200. The number of anilines is 1. The van der Waals surface area contributed by atoms with E-state index in [0.29, 0.717) is 17.1 Å². The van der Waals surface area contributed by atoms with E-state index in [0.717, 1.165) is 22.9 Å². The molecular weight excluding hydrogens is 341 g/mol. The molecule has 1 N–H and O–H groups in total. The van der Waals surface area contributed by atoms with E-state index in [1.54, 1.807) is 38.1 Å². The van der Waals surface area contributed by atoms with Crippen molar-refractivity contribution in [3.63, 3.8) is 0 Å². The van der Waals surface area contributed by atoms with Gasteiger partial charge in [0.25, 0.3) is 0 Å². The third kappa shape index (κ3) is 3.69. The van der Waals surface area contributed by atoms with Gasteiger partial charge in [-0.05, 0) is 23.6 Å². The van der Waals surface area contributed by atoms with Gasteiger partial charge in [-0.3, -0.25) is 4.79 Å². The fourth-order valence-corrected chi connectivity index (χ4v) is 2.60. The summed E-state index contributed by atoms with van der Waals surface area (Å²) in [6.45, 7) is 3.51. The zero-order valence-corrected chi connectivity index (χ0v) is 14.3. The average molecular weight is 358 g/mol. The summed E-state index contributed by atoms with van der Waals surface area (Å²) in [5.74, 6) is -0.127. The molecule has 0 aliphatic rings. The number of pyridine rings is 1. The van der Waals surface area contributed by atoms with Crippen LogP contribution in [0.25, 0.3) is 22.0 Å². The highest BCUT2D eigenvalue weighted by Gasteiger charge is 2.30. The molecule has 0 radical (unpaired) electrons. The normalized spacial score (nSPS) is 11.8. The quantitative estimate of drug-likeness (QED) is 0.670. The Kier molecular flexibility index (Phi) is 4.68. The number of hydrogen-bond donors (Lipinski definition) is 1. The Hall–Kier alpha value is -2.89. The number of halogens is 3. The highest BCUT2D eigenvalue weighted by molar-refractivity contribution is 5.99. The lowest BCUT2D eigenvalue weighted by Crippen LogP contribution is -2.18. The minimum Gasteiger partial charge on any atom is -0.310 e. The van der Waals surface area contributed by atoms with Crippen LogP contribution in [0.15, 0.2) is 54.6 Å². The topological polar surface area (TPSA) is 42.0 Å². The second kappa shape index (κ2) is 6.78. The van der Waals surface area contributed by atoms with Gasteiger partial charge in [0.05, 0.1) is 11.3 Å². The third-order valence-corrected chi connectivity index (χ3v) is 3.98. The maximum Gasteiger partial charge on any atom is 0.416 e. The van der Waals surface area contributed by atoms with E-state index in [1.807, 2.05) is 12.1 Å². The zero-order valence-electron chi connectivity index (χ0n) is 14.3. The van der Waals surface area contributed by atoms with E-state index < -0.39 is 11.7 Å². The van der Waals surface area contributed by atoms with Gasteiger partial charge >= 0.3 is 6.18 Å². The van der Waals surface area contributed by atoms with Gasteiger partial charge in [0.15, 0.2) is 0 Å². The Morgan fingerprint density at radius 2 is 1.77 bits per heavy atom. The van der Waals surface area contributed by atoms with Gasteiger partial charge < -0.3 is 5.32 Å². The molecule has 1 aromatic heterocycles. The molecule has 0 saturated carbocycles. The number of nitrogens with zero attached hydrogens (tertiary/aromatic N) is 1. The standard InChI is InChI=1S/C20H17F3N2O/c1-12(2)19(26)25-17-11-13-6-3-4-9-16(13)18(24-17)14-7-5-8-15(10-14)20(21,22)23/h3-12H,1-2H3,(H,24,25,26). The van der Waals surface area contributed by atoms with E-state index in [4.69, 9.17) is 0 Å². The molecule has 0 saturated heterocycles. The minimum atomic E-state index is -4.44. The molecule has 0 aliphatic heterocycles. The predicted octanol–water partition coefficient (Wildman–Crippen LogP) is 5.52. The Morgan fingerprint density at radius 3 is 2.46 bits per heavy atom. The van der Waals surface area contributed by atoms with Crippen LogP contribution in [0.4, 0.5) is 19.0 Å². The summed E-state index contributed by atoms with van der Waals surface area (Å²) in [6.07, 6.45) is -4.44. The minimum absolute atomic E-state index is 0.206. The van der Waals surface area contributed by atoms with Crippen LogP contribution in [0, 0.1) is 5.92 Å². The van der Waals surface area contributed by atoms with E-state index >= 15 is 0 Å². The number of rotatable bonds is 3. The molecule has 0 fully saturated rings. The first-order valence-electron chi connectivity index (χ1n) is 8.14. The number of carbonyl (C=O) groups is 1. The number of carbonyl (C=O) groups excluding carboxylic acids is 1. The fourth-order valence-electron chi connectivity index (χ4n) is 2.60. The molecule has 1 heterocycles. The van der Waals surface area contributed by atoms with Crippen molar-refractivity contribution in [1.82, 2.24) is 4.98 Å². The molecule has 3 aromatic rings. The van der Waals surface area contributed by atoms with Crippen molar-refractivity contribution in [2.75, 3.05) is 5.32 Å². The van der Waals surface area contributed by atoms with E-state index in [9.17, 15) is 18.0 Å². The number of benzene rings is 2. The van der Waals surface area contributed by atoms with Gasteiger partial charge in [-0.2, -0.15) is 13.2 Å². The summed E-state index contributed by atoms with van der Waals surface area (Å²) in [4.78, 5) is 16.4. The maximum atomic E-state index is 13.1. The molecule has 0 bridgehead atoms. The molecule has 0 aliphatic carbocycles.